The van der Waals surface area contributed by atoms with Gasteiger partial charge in [-0.25, -0.2) is 9.98 Å². The van der Waals surface area contributed by atoms with Gasteiger partial charge in [-0.15, -0.1) is 0 Å². The van der Waals surface area contributed by atoms with Gasteiger partial charge in [-0.1, -0.05) is 97.1 Å². The van der Waals surface area contributed by atoms with Gasteiger partial charge in [-0.05, 0) is 59.7 Å². The summed E-state index contributed by atoms with van der Waals surface area (Å²) in [6.45, 7) is 4.01. The number of furan rings is 1. The summed E-state index contributed by atoms with van der Waals surface area (Å²) in [6.07, 6.45) is 0. The van der Waals surface area contributed by atoms with Crippen molar-refractivity contribution in [2.45, 2.75) is 13.8 Å². The standard InChI is InChI=1S/C36H26N2O/c1-23(37-35-29-15-7-3-11-25(29)21-26-12-4-8-16-30(26)35)33-19-20-34(39-33)24(2)38-36-31-17-9-5-13-27(31)22-28-14-6-10-18-32(28)36/h3-22H,1-2H3. The summed E-state index contributed by atoms with van der Waals surface area (Å²) in [4.78, 5) is 10.2. The zero-order chi connectivity index (χ0) is 26.3. The summed E-state index contributed by atoms with van der Waals surface area (Å²) in [5.74, 6) is 1.47. The Balaban J connectivity index is 1.32. The largest absolute Gasteiger partial charge is 0.454 e. The number of fused-ring (bicyclic) bond motifs is 4. The average Bonchev–Trinajstić information content (AvgIpc) is 3.48. The molecule has 0 spiro atoms. The van der Waals surface area contributed by atoms with Crippen molar-refractivity contribution in [1.29, 1.82) is 0 Å². The Labute approximate surface area is 226 Å². The second-order valence-corrected chi connectivity index (χ2v) is 9.89. The van der Waals surface area contributed by atoms with Crippen LogP contribution in [0.15, 0.2) is 136 Å². The van der Waals surface area contributed by atoms with Crippen LogP contribution in [0.25, 0.3) is 43.1 Å². The maximum atomic E-state index is 6.34. The molecule has 39 heavy (non-hydrogen) atoms. The van der Waals surface area contributed by atoms with E-state index >= 15 is 0 Å². The summed E-state index contributed by atoms with van der Waals surface area (Å²) in [5.41, 5.74) is 3.58. The highest BCUT2D eigenvalue weighted by atomic mass is 16.3. The first-order valence-corrected chi connectivity index (χ1v) is 13.2. The van der Waals surface area contributed by atoms with E-state index in [4.69, 9.17) is 14.4 Å². The first-order chi connectivity index (χ1) is 19.2. The molecule has 0 fully saturated rings. The molecule has 7 rings (SSSR count). The highest BCUT2D eigenvalue weighted by molar-refractivity contribution is 6.14. The average molecular weight is 503 g/mol. The fourth-order valence-corrected chi connectivity index (χ4v) is 5.39. The second kappa shape index (κ2) is 9.38. The predicted molar refractivity (Wildman–Crippen MR) is 165 cm³/mol. The van der Waals surface area contributed by atoms with Gasteiger partial charge in [0.1, 0.15) is 11.5 Å². The first-order valence-electron chi connectivity index (χ1n) is 13.2. The first kappa shape index (κ1) is 23.1. The molecule has 7 aromatic rings. The van der Waals surface area contributed by atoms with Crippen LogP contribution in [0.5, 0.6) is 0 Å². The molecule has 0 unspecified atom stereocenters. The molecule has 186 valence electrons. The number of nitrogens with zero attached hydrogens (tertiary/aromatic N) is 2. The van der Waals surface area contributed by atoms with Crippen LogP contribution in [0.2, 0.25) is 0 Å². The van der Waals surface area contributed by atoms with Gasteiger partial charge in [0.15, 0.2) is 0 Å². The van der Waals surface area contributed by atoms with Crippen molar-refractivity contribution < 1.29 is 4.42 Å². The third kappa shape index (κ3) is 4.09. The van der Waals surface area contributed by atoms with Crippen LogP contribution in [-0.4, -0.2) is 11.4 Å². The molecular formula is C36H26N2O. The zero-order valence-corrected chi connectivity index (χ0v) is 21.8. The van der Waals surface area contributed by atoms with Crippen LogP contribution in [0.4, 0.5) is 11.4 Å². The lowest BCUT2D eigenvalue weighted by Crippen LogP contribution is -1.94. The molecule has 0 aliphatic rings. The molecule has 0 aliphatic carbocycles. The minimum absolute atomic E-state index is 0.736. The summed E-state index contributed by atoms with van der Waals surface area (Å²) in [6, 6.07) is 42.0. The van der Waals surface area contributed by atoms with Crippen molar-refractivity contribution in [2.24, 2.45) is 9.98 Å². The highest BCUT2D eigenvalue weighted by Gasteiger charge is 2.13. The maximum absolute atomic E-state index is 6.34. The van der Waals surface area contributed by atoms with Crippen LogP contribution >= 0.6 is 0 Å². The molecule has 0 saturated carbocycles. The van der Waals surface area contributed by atoms with Gasteiger partial charge in [0, 0.05) is 21.5 Å². The lowest BCUT2D eigenvalue weighted by atomic mass is 10.0. The topological polar surface area (TPSA) is 37.9 Å². The molecular weight excluding hydrogens is 476 g/mol. The molecule has 0 amide bonds. The Morgan fingerprint density at radius 1 is 0.436 bits per heavy atom. The van der Waals surface area contributed by atoms with Crippen molar-refractivity contribution in [3.05, 3.63) is 133 Å². The third-order valence-corrected chi connectivity index (χ3v) is 7.36. The summed E-state index contributed by atoms with van der Waals surface area (Å²) >= 11 is 0. The molecule has 0 saturated heterocycles. The van der Waals surface area contributed by atoms with Gasteiger partial charge >= 0.3 is 0 Å². The van der Waals surface area contributed by atoms with E-state index in [0.29, 0.717) is 0 Å². The molecule has 0 N–H and O–H groups in total. The maximum Gasteiger partial charge on any atom is 0.148 e. The minimum atomic E-state index is 0.736. The van der Waals surface area contributed by atoms with Gasteiger partial charge in [0.05, 0.1) is 22.8 Å². The molecule has 1 aromatic heterocycles. The van der Waals surface area contributed by atoms with Crippen molar-refractivity contribution in [2.75, 3.05) is 0 Å². The Kier molecular flexibility index (Phi) is 5.56. The van der Waals surface area contributed by atoms with Crippen molar-refractivity contribution in [3.63, 3.8) is 0 Å². The molecule has 3 nitrogen and oxygen atoms in total. The van der Waals surface area contributed by atoms with Gasteiger partial charge in [0.2, 0.25) is 0 Å². The van der Waals surface area contributed by atoms with E-state index in [1.165, 1.54) is 21.5 Å². The van der Waals surface area contributed by atoms with Crippen molar-refractivity contribution in [1.82, 2.24) is 0 Å². The van der Waals surface area contributed by atoms with E-state index in [1.807, 2.05) is 26.0 Å². The minimum Gasteiger partial charge on any atom is -0.454 e. The number of benzene rings is 6. The molecule has 6 aromatic carbocycles. The summed E-state index contributed by atoms with van der Waals surface area (Å²) in [5, 5.41) is 9.21. The fraction of sp³-hybridized carbons (Fsp3) is 0.0556. The fourth-order valence-electron chi connectivity index (χ4n) is 5.39. The van der Waals surface area contributed by atoms with Crippen LogP contribution in [-0.2, 0) is 0 Å². The quantitative estimate of drug-likeness (QED) is 0.174. The molecule has 0 radical (unpaired) electrons. The molecule has 0 aliphatic heterocycles. The van der Waals surface area contributed by atoms with E-state index in [9.17, 15) is 0 Å². The SMILES string of the molecule is CC(=Nc1c2ccccc2cc2ccccc12)c1ccc(C(C)=Nc2c3ccccc3cc3ccccc23)o1. The number of rotatable bonds is 4. The molecule has 0 bridgehead atoms. The van der Waals surface area contributed by atoms with Crippen molar-refractivity contribution >= 4 is 65.9 Å². The monoisotopic (exact) mass is 502 g/mol. The molecule has 0 atom stereocenters. The second-order valence-electron chi connectivity index (χ2n) is 9.89. The Hall–Kier alpha value is -5.02. The van der Waals surface area contributed by atoms with Crippen LogP contribution in [0.3, 0.4) is 0 Å². The van der Waals surface area contributed by atoms with Gasteiger partial charge in [-0.2, -0.15) is 0 Å². The Morgan fingerprint density at radius 2 is 0.744 bits per heavy atom. The van der Waals surface area contributed by atoms with Crippen LogP contribution in [0, 0.1) is 0 Å². The molecule has 3 heteroatoms. The zero-order valence-electron chi connectivity index (χ0n) is 21.8. The smallest absolute Gasteiger partial charge is 0.148 e. The lowest BCUT2D eigenvalue weighted by Gasteiger charge is -2.09. The van der Waals surface area contributed by atoms with Gasteiger partial charge < -0.3 is 4.42 Å². The predicted octanol–water partition coefficient (Wildman–Crippen LogP) is 10.2. The van der Waals surface area contributed by atoms with E-state index in [1.54, 1.807) is 0 Å². The summed E-state index contributed by atoms with van der Waals surface area (Å²) < 4.78 is 6.34. The number of hydrogen-bond donors (Lipinski definition) is 0. The number of aliphatic imine (C=N–C) groups is 2. The van der Waals surface area contributed by atoms with Crippen LogP contribution in [0.1, 0.15) is 25.4 Å². The third-order valence-electron chi connectivity index (χ3n) is 7.36. The van der Waals surface area contributed by atoms with E-state index in [-0.39, 0.29) is 0 Å². The van der Waals surface area contributed by atoms with Gasteiger partial charge in [0.25, 0.3) is 0 Å². The van der Waals surface area contributed by atoms with E-state index in [2.05, 4.69) is 109 Å². The van der Waals surface area contributed by atoms with E-state index in [0.717, 1.165) is 55.9 Å². The summed E-state index contributed by atoms with van der Waals surface area (Å²) in [7, 11) is 0. The Morgan fingerprint density at radius 3 is 1.08 bits per heavy atom. The van der Waals surface area contributed by atoms with E-state index < -0.39 is 0 Å². The van der Waals surface area contributed by atoms with Crippen molar-refractivity contribution in [3.8, 4) is 0 Å². The number of hydrogen-bond acceptors (Lipinski definition) is 3. The molecule has 1 heterocycles. The Bertz CT molecular complexity index is 1840. The normalized spacial score (nSPS) is 12.7. The lowest BCUT2D eigenvalue weighted by molar-refractivity contribution is 0.548. The van der Waals surface area contributed by atoms with Gasteiger partial charge in [-0.3, -0.25) is 0 Å². The highest BCUT2D eigenvalue weighted by Crippen LogP contribution is 2.37. The van der Waals surface area contributed by atoms with Crippen LogP contribution < -0.4 is 0 Å².